The average molecular weight is 257 g/mol. The molecule has 0 aliphatic rings. The Morgan fingerprint density at radius 1 is 1.50 bits per heavy atom. The summed E-state index contributed by atoms with van der Waals surface area (Å²) in [4.78, 5) is 11.2. The SMILES string of the molecule is CCOC(=O)Cc1cc(C#N)cc(C(F)F)c1F. The lowest BCUT2D eigenvalue weighted by atomic mass is 10.0. The molecule has 0 radical (unpaired) electrons. The van der Waals surface area contributed by atoms with E-state index >= 15 is 0 Å². The van der Waals surface area contributed by atoms with Crippen LogP contribution in [0.15, 0.2) is 12.1 Å². The number of carbonyl (C=O) groups excluding carboxylic acids is 1. The molecule has 0 N–H and O–H groups in total. The van der Waals surface area contributed by atoms with E-state index in [4.69, 9.17) is 5.26 Å². The number of rotatable bonds is 4. The van der Waals surface area contributed by atoms with Crippen LogP contribution in [0.3, 0.4) is 0 Å². The van der Waals surface area contributed by atoms with Crippen LogP contribution < -0.4 is 0 Å². The minimum absolute atomic E-state index is 0.111. The van der Waals surface area contributed by atoms with Crippen LogP contribution in [0.1, 0.15) is 30.0 Å². The van der Waals surface area contributed by atoms with E-state index in [2.05, 4.69) is 4.74 Å². The van der Waals surface area contributed by atoms with Crippen LogP contribution in [0.2, 0.25) is 0 Å². The molecule has 1 aromatic rings. The largest absolute Gasteiger partial charge is 0.466 e. The molecule has 0 spiro atoms. The van der Waals surface area contributed by atoms with Gasteiger partial charge >= 0.3 is 5.97 Å². The molecule has 0 aromatic heterocycles. The summed E-state index contributed by atoms with van der Waals surface area (Å²) >= 11 is 0. The monoisotopic (exact) mass is 257 g/mol. The summed E-state index contributed by atoms with van der Waals surface area (Å²) in [5, 5.41) is 8.66. The van der Waals surface area contributed by atoms with Crippen molar-refractivity contribution < 1.29 is 22.7 Å². The fourth-order valence-electron chi connectivity index (χ4n) is 1.43. The number of hydrogen-bond acceptors (Lipinski definition) is 3. The summed E-state index contributed by atoms with van der Waals surface area (Å²) in [6.07, 6.45) is -3.52. The molecule has 1 aromatic carbocycles. The molecular weight excluding hydrogens is 247 g/mol. The molecule has 0 bridgehead atoms. The minimum Gasteiger partial charge on any atom is -0.466 e. The predicted molar refractivity (Wildman–Crippen MR) is 56.4 cm³/mol. The molecule has 0 fully saturated rings. The molecular formula is C12H10F3NO2. The molecule has 0 unspecified atom stereocenters. The number of alkyl halides is 2. The highest BCUT2D eigenvalue weighted by molar-refractivity contribution is 5.73. The number of carbonyl (C=O) groups is 1. The van der Waals surface area contributed by atoms with Crippen molar-refractivity contribution in [2.75, 3.05) is 6.61 Å². The van der Waals surface area contributed by atoms with E-state index in [0.29, 0.717) is 0 Å². The molecule has 0 aliphatic carbocycles. The highest BCUT2D eigenvalue weighted by atomic mass is 19.3. The van der Waals surface area contributed by atoms with Crippen molar-refractivity contribution in [3.8, 4) is 6.07 Å². The van der Waals surface area contributed by atoms with Gasteiger partial charge in [-0.15, -0.1) is 0 Å². The second kappa shape index (κ2) is 6.05. The van der Waals surface area contributed by atoms with Gasteiger partial charge in [-0.25, -0.2) is 13.2 Å². The Labute approximate surface area is 102 Å². The normalized spacial score (nSPS) is 10.2. The van der Waals surface area contributed by atoms with Crippen molar-refractivity contribution in [2.45, 2.75) is 19.8 Å². The van der Waals surface area contributed by atoms with Crippen LogP contribution in [0, 0.1) is 17.1 Å². The summed E-state index contributed by atoms with van der Waals surface area (Å²) in [6, 6.07) is 3.48. The van der Waals surface area contributed by atoms with Gasteiger partial charge in [0.25, 0.3) is 6.43 Å². The first kappa shape index (κ1) is 14.0. The molecule has 0 atom stereocenters. The molecule has 0 heterocycles. The first-order valence-electron chi connectivity index (χ1n) is 5.15. The van der Waals surface area contributed by atoms with Crippen LogP contribution in [-0.4, -0.2) is 12.6 Å². The molecule has 0 amide bonds. The van der Waals surface area contributed by atoms with Gasteiger partial charge in [0.05, 0.1) is 30.2 Å². The zero-order valence-electron chi connectivity index (χ0n) is 9.54. The molecule has 3 nitrogen and oxygen atoms in total. The smallest absolute Gasteiger partial charge is 0.310 e. The van der Waals surface area contributed by atoms with Gasteiger partial charge in [0, 0.05) is 5.56 Å². The molecule has 1 rings (SSSR count). The molecule has 0 saturated carbocycles. The van der Waals surface area contributed by atoms with Crippen molar-refractivity contribution in [3.05, 3.63) is 34.6 Å². The van der Waals surface area contributed by atoms with E-state index < -0.39 is 30.2 Å². The summed E-state index contributed by atoms with van der Waals surface area (Å²) in [6.45, 7) is 1.69. The zero-order valence-corrected chi connectivity index (χ0v) is 9.54. The number of nitriles is 1. The number of hydrogen-bond donors (Lipinski definition) is 0. The maximum atomic E-state index is 13.6. The molecule has 6 heteroatoms. The van der Waals surface area contributed by atoms with Crippen LogP contribution in [-0.2, 0) is 16.0 Å². The first-order chi connectivity index (χ1) is 8.49. The summed E-state index contributed by atoms with van der Waals surface area (Å²) in [5.41, 5.74) is -1.26. The van der Waals surface area contributed by atoms with Crippen molar-refractivity contribution >= 4 is 5.97 Å². The first-order valence-corrected chi connectivity index (χ1v) is 5.15. The van der Waals surface area contributed by atoms with Gasteiger partial charge in [-0.2, -0.15) is 5.26 Å². The van der Waals surface area contributed by atoms with E-state index in [9.17, 15) is 18.0 Å². The van der Waals surface area contributed by atoms with Crippen molar-refractivity contribution in [1.82, 2.24) is 0 Å². The molecule has 18 heavy (non-hydrogen) atoms. The van der Waals surface area contributed by atoms with E-state index in [1.807, 2.05) is 0 Å². The van der Waals surface area contributed by atoms with Gasteiger partial charge in [-0.3, -0.25) is 4.79 Å². The minimum atomic E-state index is -3.04. The Morgan fingerprint density at radius 3 is 2.67 bits per heavy atom. The van der Waals surface area contributed by atoms with Gasteiger partial charge in [0.2, 0.25) is 0 Å². The van der Waals surface area contributed by atoms with Gasteiger partial charge in [0.15, 0.2) is 0 Å². The fraction of sp³-hybridized carbons (Fsp3) is 0.333. The number of benzene rings is 1. The number of nitrogens with zero attached hydrogens (tertiary/aromatic N) is 1. The van der Waals surface area contributed by atoms with Gasteiger partial charge in [-0.1, -0.05) is 0 Å². The van der Waals surface area contributed by atoms with Crippen LogP contribution in [0.4, 0.5) is 13.2 Å². The second-order valence-corrected chi connectivity index (χ2v) is 3.43. The second-order valence-electron chi connectivity index (χ2n) is 3.43. The number of halogens is 3. The third-order valence-corrected chi connectivity index (χ3v) is 2.18. The lowest BCUT2D eigenvalue weighted by Crippen LogP contribution is -2.10. The average Bonchev–Trinajstić information content (AvgIpc) is 2.31. The third kappa shape index (κ3) is 3.23. The van der Waals surface area contributed by atoms with Gasteiger partial charge in [-0.05, 0) is 19.1 Å². The Bertz CT molecular complexity index is 495. The third-order valence-electron chi connectivity index (χ3n) is 2.18. The number of ether oxygens (including phenoxy) is 1. The molecule has 0 saturated heterocycles. The maximum absolute atomic E-state index is 13.6. The van der Waals surface area contributed by atoms with E-state index in [1.54, 1.807) is 13.0 Å². The van der Waals surface area contributed by atoms with E-state index in [-0.39, 0.29) is 17.7 Å². The fourth-order valence-corrected chi connectivity index (χ4v) is 1.43. The zero-order chi connectivity index (χ0) is 13.7. The van der Waals surface area contributed by atoms with Crippen LogP contribution in [0.25, 0.3) is 0 Å². The molecule has 96 valence electrons. The lowest BCUT2D eigenvalue weighted by Gasteiger charge is -2.08. The van der Waals surface area contributed by atoms with Crippen LogP contribution in [0.5, 0.6) is 0 Å². The molecule has 0 aliphatic heterocycles. The Morgan fingerprint density at radius 2 is 2.17 bits per heavy atom. The van der Waals surface area contributed by atoms with E-state index in [0.717, 1.165) is 12.1 Å². The highest BCUT2D eigenvalue weighted by Crippen LogP contribution is 2.26. The topological polar surface area (TPSA) is 50.1 Å². The Kier molecular flexibility index (Phi) is 4.72. The van der Waals surface area contributed by atoms with Crippen molar-refractivity contribution in [3.63, 3.8) is 0 Å². The lowest BCUT2D eigenvalue weighted by molar-refractivity contribution is -0.142. The van der Waals surface area contributed by atoms with Gasteiger partial charge < -0.3 is 4.74 Å². The van der Waals surface area contributed by atoms with E-state index in [1.165, 1.54) is 0 Å². The quantitative estimate of drug-likeness (QED) is 0.779. The Hall–Kier alpha value is -2.03. The Balaban J connectivity index is 3.14. The summed E-state index contributed by atoms with van der Waals surface area (Å²) in [7, 11) is 0. The predicted octanol–water partition coefficient (Wildman–Crippen LogP) is 2.74. The standard InChI is InChI=1S/C12H10F3NO2/c1-2-18-10(17)5-8-3-7(6-16)4-9(11(8)13)12(14)15/h3-4,12H,2,5H2,1H3. The highest BCUT2D eigenvalue weighted by Gasteiger charge is 2.20. The number of esters is 1. The van der Waals surface area contributed by atoms with Crippen molar-refractivity contribution in [1.29, 1.82) is 5.26 Å². The maximum Gasteiger partial charge on any atom is 0.310 e. The summed E-state index contributed by atoms with van der Waals surface area (Å²) < 4.78 is 43.3. The van der Waals surface area contributed by atoms with Gasteiger partial charge in [0.1, 0.15) is 5.82 Å². The van der Waals surface area contributed by atoms with Crippen LogP contribution >= 0.6 is 0 Å². The summed E-state index contributed by atoms with van der Waals surface area (Å²) in [5.74, 6) is -1.90. The van der Waals surface area contributed by atoms with Crippen molar-refractivity contribution in [2.24, 2.45) is 0 Å².